The van der Waals surface area contributed by atoms with E-state index in [4.69, 9.17) is 4.74 Å². The number of fused-ring (bicyclic) bond motifs is 1. The van der Waals surface area contributed by atoms with E-state index >= 15 is 0 Å². The maximum atomic E-state index is 13.4. The van der Waals surface area contributed by atoms with Gasteiger partial charge in [-0.2, -0.15) is 5.10 Å². The monoisotopic (exact) mass is 471 g/mol. The second kappa shape index (κ2) is 7.90. The van der Waals surface area contributed by atoms with E-state index < -0.39 is 0 Å². The molecule has 2 aromatic carbocycles. The molecule has 4 heterocycles. The highest BCUT2D eigenvalue weighted by Crippen LogP contribution is 2.46. The van der Waals surface area contributed by atoms with Gasteiger partial charge in [-0.05, 0) is 54.0 Å². The van der Waals surface area contributed by atoms with Crippen molar-refractivity contribution in [1.82, 2.24) is 25.3 Å². The van der Waals surface area contributed by atoms with Crippen LogP contribution in [-0.4, -0.2) is 70.2 Å². The van der Waals surface area contributed by atoms with Crippen molar-refractivity contribution in [2.75, 3.05) is 32.8 Å². The topological polar surface area (TPSA) is 90.6 Å². The minimum atomic E-state index is -0.382. The fourth-order valence-corrected chi connectivity index (χ4v) is 5.80. The molecule has 8 heteroatoms. The Kier molecular flexibility index (Phi) is 4.76. The zero-order valence-corrected chi connectivity index (χ0v) is 19.6. The van der Waals surface area contributed by atoms with E-state index in [1.807, 2.05) is 16.0 Å². The predicted octanol–water partition coefficient (Wildman–Crippen LogP) is 2.69. The standard InChI is InChI=1S/C27H29N5O3/c33-25(22-15-35-16-22)31-10-7-17(13-31)14-32-24(29-27(8-9-27)26(32)34)19-3-1-18(2-4-19)20-5-6-23-21(11-20)12-28-30-23/h1-6,11-12,17,22,24,29H,7-10,13-16H2,(H,28,30)/t17-,24?/m1/s1. The number of carbonyl (C=O) groups is 2. The van der Waals surface area contributed by atoms with E-state index in [0.29, 0.717) is 25.7 Å². The summed E-state index contributed by atoms with van der Waals surface area (Å²) in [4.78, 5) is 30.0. The van der Waals surface area contributed by atoms with Crippen molar-refractivity contribution in [3.63, 3.8) is 0 Å². The van der Waals surface area contributed by atoms with Gasteiger partial charge < -0.3 is 14.5 Å². The molecular formula is C27H29N5O3. The van der Waals surface area contributed by atoms with E-state index in [2.05, 4.69) is 58.0 Å². The molecule has 2 amide bonds. The number of aromatic nitrogens is 2. The van der Waals surface area contributed by atoms with Crippen molar-refractivity contribution in [2.45, 2.75) is 31.0 Å². The van der Waals surface area contributed by atoms with Gasteiger partial charge in [0.2, 0.25) is 11.8 Å². The van der Waals surface area contributed by atoms with Crippen LogP contribution in [0, 0.1) is 11.8 Å². The van der Waals surface area contributed by atoms with Crippen molar-refractivity contribution in [3.8, 4) is 11.1 Å². The van der Waals surface area contributed by atoms with Crippen molar-refractivity contribution in [1.29, 1.82) is 0 Å². The number of carbonyl (C=O) groups excluding carboxylic acids is 2. The molecule has 0 bridgehead atoms. The number of nitrogens with one attached hydrogen (secondary N) is 2. The third-order valence-corrected chi connectivity index (χ3v) is 8.18. The number of aromatic amines is 1. The number of hydrogen-bond acceptors (Lipinski definition) is 5. The molecule has 4 aliphatic rings. The molecule has 0 radical (unpaired) electrons. The lowest BCUT2D eigenvalue weighted by molar-refractivity contribution is -0.148. The molecule has 7 rings (SSSR count). The van der Waals surface area contributed by atoms with E-state index in [1.54, 1.807) is 0 Å². The molecule has 180 valence electrons. The molecule has 3 saturated heterocycles. The highest BCUT2D eigenvalue weighted by atomic mass is 16.5. The molecule has 3 aliphatic heterocycles. The molecule has 1 aromatic heterocycles. The number of benzene rings is 2. The van der Waals surface area contributed by atoms with Crippen molar-refractivity contribution in [2.24, 2.45) is 11.8 Å². The van der Waals surface area contributed by atoms with Crippen LogP contribution in [0.1, 0.15) is 31.0 Å². The fraction of sp³-hybridized carbons (Fsp3) is 0.444. The summed E-state index contributed by atoms with van der Waals surface area (Å²) in [6.45, 7) is 3.29. The zero-order chi connectivity index (χ0) is 23.6. The van der Waals surface area contributed by atoms with Crippen molar-refractivity contribution < 1.29 is 14.3 Å². The van der Waals surface area contributed by atoms with Crippen LogP contribution in [0.2, 0.25) is 0 Å². The molecule has 1 spiro atoms. The molecule has 2 N–H and O–H groups in total. The van der Waals surface area contributed by atoms with Crippen LogP contribution in [0.4, 0.5) is 0 Å². The Morgan fingerprint density at radius 3 is 2.66 bits per heavy atom. The molecule has 4 fully saturated rings. The van der Waals surface area contributed by atoms with Gasteiger partial charge in [-0.1, -0.05) is 30.3 Å². The summed E-state index contributed by atoms with van der Waals surface area (Å²) < 4.78 is 5.20. The third-order valence-electron chi connectivity index (χ3n) is 8.18. The minimum absolute atomic E-state index is 0.0269. The van der Waals surface area contributed by atoms with E-state index in [-0.39, 0.29) is 29.4 Å². The van der Waals surface area contributed by atoms with Crippen LogP contribution in [0.5, 0.6) is 0 Å². The average molecular weight is 472 g/mol. The van der Waals surface area contributed by atoms with E-state index in [1.165, 1.54) is 0 Å². The Bertz CT molecular complexity index is 1290. The summed E-state index contributed by atoms with van der Waals surface area (Å²) >= 11 is 0. The van der Waals surface area contributed by atoms with Crippen molar-refractivity contribution in [3.05, 3.63) is 54.2 Å². The summed E-state index contributed by atoms with van der Waals surface area (Å²) in [6.07, 6.45) is 4.46. The smallest absolute Gasteiger partial charge is 0.244 e. The first-order valence-corrected chi connectivity index (χ1v) is 12.6. The lowest BCUT2D eigenvalue weighted by Crippen LogP contribution is -2.44. The molecular weight excluding hydrogens is 442 g/mol. The van der Waals surface area contributed by atoms with Crippen LogP contribution in [0.3, 0.4) is 0 Å². The SMILES string of the molecule is O=C(C1COC1)N1CC[C@@H](CN2C(=O)C3(CC3)NC2c2ccc(-c3ccc4[nH]ncc4c3)cc2)C1. The van der Waals surface area contributed by atoms with Gasteiger partial charge in [0, 0.05) is 25.0 Å². The molecule has 2 atom stereocenters. The van der Waals surface area contributed by atoms with Gasteiger partial charge in [0.1, 0.15) is 11.7 Å². The number of ether oxygens (including phenoxy) is 1. The van der Waals surface area contributed by atoms with Crippen LogP contribution in [-0.2, 0) is 14.3 Å². The van der Waals surface area contributed by atoms with Gasteiger partial charge in [-0.15, -0.1) is 0 Å². The summed E-state index contributed by atoms with van der Waals surface area (Å²) in [5, 5.41) is 11.8. The summed E-state index contributed by atoms with van der Waals surface area (Å²) in [7, 11) is 0. The molecule has 1 unspecified atom stereocenters. The van der Waals surface area contributed by atoms with Gasteiger partial charge in [-0.3, -0.25) is 20.0 Å². The van der Waals surface area contributed by atoms with E-state index in [9.17, 15) is 9.59 Å². The quantitative estimate of drug-likeness (QED) is 0.597. The predicted molar refractivity (Wildman–Crippen MR) is 130 cm³/mol. The Morgan fingerprint density at radius 1 is 1.11 bits per heavy atom. The lowest BCUT2D eigenvalue weighted by atomic mass is 10.0. The van der Waals surface area contributed by atoms with Crippen LogP contribution in [0.25, 0.3) is 22.0 Å². The molecule has 3 aromatic rings. The highest BCUT2D eigenvalue weighted by molar-refractivity contribution is 5.92. The second-order valence-electron chi connectivity index (χ2n) is 10.6. The van der Waals surface area contributed by atoms with Crippen LogP contribution >= 0.6 is 0 Å². The van der Waals surface area contributed by atoms with E-state index in [0.717, 1.165) is 59.9 Å². The first-order valence-electron chi connectivity index (χ1n) is 12.6. The zero-order valence-electron chi connectivity index (χ0n) is 19.6. The average Bonchev–Trinajstić information content (AvgIpc) is 3.17. The summed E-state index contributed by atoms with van der Waals surface area (Å²) in [5.41, 5.74) is 4.03. The number of hydrogen-bond donors (Lipinski definition) is 2. The minimum Gasteiger partial charge on any atom is -0.380 e. The maximum Gasteiger partial charge on any atom is 0.244 e. The van der Waals surface area contributed by atoms with Crippen molar-refractivity contribution >= 4 is 22.7 Å². The maximum absolute atomic E-state index is 13.4. The van der Waals surface area contributed by atoms with Gasteiger partial charge in [0.05, 0.1) is 30.8 Å². The highest BCUT2D eigenvalue weighted by Gasteiger charge is 2.59. The Balaban J connectivity index is 1.09. The number of amides is 2. The summed E-state index contributed by atoms with van der Waals surface area (Å²) in [6, 6.07) is 14.8. The van der Waals surface area contributed by atoms with Gasteiger partial charge in [-0.25, -0.2) is 0 Å². The van der Waals surface area contributed by atoms with Gasteiger partial charge >= 0.3 is 0 Å². The van der Waals surface area contributed by atoms with Crippen LogP contribution < -0.4 is 5.32 Å². The number of likely N-dealkylation sites (tertiary alicyclic amines) is 1. The molecule has 1 aliphatic carbocycles. The number of rotatable bonds is 5. The molecule has 8 nitrogen and oxygen atoms in total. The lowest BCUT2D eigenvalue weighted by Gasteiger charge is -2.30. The Hall–Kier alpha value is -3.23. The fourth-order valence-electron chi connectivity index (χ4n) is 5.80. The molecule has 35 heavy (non-hydrogen) atoms. The number of H-pyrrole nitrogens is 1. The van der Waals surface area contributed by atoms with Gasteiger partial charge in [0.25, 0.3) is 0 Å². The first-order chi connectivity index (χ1) is 17.1. The Morgan fingerprint density at radius 2 is 1.91 bits per heavy atom. The third kappa shape index (κ3) is 3.54. The van der Waals surface area contributed by atoms with Crippen LogP contribution in [0.15, 0.2) is 48.7 Å². The van der Waals surface area contributed by atoms with Gasteiger partial charge in [0.15, 0.2) is 0 Å². The second-order valence-corrected chi connectivity index (χ2v) is 10.6. The molecule has 1 saturated carbocycles. The Labute approximate surface area is 203 Å². The normalized spacial score (nSPS) is 25.5. The largest absolute Gasteiger partial charge is 0.380 e. The summed E-state index contributed by atoms with van der Waals surface area (Å²) in [5.74, 6) is 0.764. The number of nitrogens with zero attached hydrogens (tertiary/aromatic N) is 3. The first kappa shape index (κ1) is 21.1.